The van der Waals surface area contributed by atoms with Crippen molar-refractivity contribution in [2.45, 2.75) is 0 Å². The van der Waals surface area contributed by atoms with Crippen molar-refractivity contribution >= 4 is 32.3 Å². The lowest BCUT2D eigenvalue weighted by Gasteiger charge is -2.13. The molecule has 0 radical (unpaired) electrons. The van der Waals surface area contributed by atoms with E-state index in [1.165, 1.54) is 49.0 Å². The summed E-state index contributed by atoms with van der Waals surface area (Å²) >= 11 is 0. The van der Waals surface area contributed by atoms with E-state index >= 15 is 0 Å². The Hall–Kier alpha value is -5.60. The molecule has 0 saturated carbocycles. The van der Waals surface area contributed by atoms with Gasteiger partial charge in [0.25, 0.3) is 0 Å². The third kappa shape index (κ3) is 4.22. The summed E-state index contributed by atoms with van der Waals surface area (Å²) in [4.78, 5) is 9.38. The van der Waals surface area contributed by atoms with Gasteiger partial charge in [-0.2, -0.15) is 0 Å². The lowest BCUT2D eigenvalue weighted by molar-refractivity contribution is 1.18. The van der Waals surface area contributed by atoms with Crippen LogP contribution in [0.25, 0.3) is 77.2 Å². The van der Waals surface area contributed by atoms with Gasteiger partial charge in [0.1, 0.15) is 0 Å². The summed E-state index contributed by atoms with van der Waals surface area (Å²) in [6, 6.07) is 53.9. The molecule has 0 amide bonds. The number of fused-ring (bicyclic) bond motifs is 6. The molecule has 0 aliphatic rings. The molecule has 0 aliphatic carbocycles. The van der Waals surface area contributed by atoms with Crippen molar-refractivity contribution in [1.29, 1.82) is 0 Å². The summed E-state index contributed by atoms with van der Waals surface area (Å²) in [5.41, 5.74) is 7.74. The highest BCUT2D eigenvalue weighted by Crippen LogP contribution is 2.37. The van der Waals surface area contributed by atoms with Gasteiger partial charge in [-0.3, -0.25) is 0 Å². The first-order chi connectivity index (χ1) is 20.8. The van der Waals surface area contributed by atoms with E-state index in [0.717, 1.165) is 28.2 Å². The summed E-state index contributed by atoms with van der Waals surface area (Å²) in [6.07, 6.45) is 1.84. The second-order valence-corrected chi connectivity index (χ2v) is 10.6. The molecule has 0 aliphatic heterocycles. The highest BCUT2D eigenvalue weighted by atomic mass is 14.9. The number of hydrogen-bond donors (Lipinski definition) is 0. The Morgan fingerprint density at radius 2 is 0.786 bits per heavy atom. The zero-order chi connectivity index (χ0) is 27.9. The summed E-state index contributed by atoms with van der Waals surface area (Å²) in [7, 11) is 0. The Balaban J connectivity index is 1.20. The second-order valence-electron chi connectivity index (χ2n) is 10.6. The predicted molar refractivity (Wildman–Crippen MR) is 176 cm³/mol. The van der Waals surface area contributed by atoms with E-state index in [-0.39, 0.29) is 0 Å². The van der Waals surface area contributed by atoms with Crippen LogP contribution >= 0.6 is 0 Å². The monoisotopic (exact) mass is 534 g/mol. The quantitative estimate of drug-likeness (QED) is 0.210. The maximum atomic E-state index is 4.88. The smallest absolute Gasteiger partial charge is 0.159 e. The van der Waals surface area contributed by atoms with Crippen LogP contribution < -0.4 is 0 Å². The van der Waals surface area contributed by atoms with Crippen LogP contribution in [-0.4, -0.2) is 9.97 Å². The van der Waals surface area contributed by atoms with E-state index in [0.29, 0.717) is 0 Å². The zero-order valence-electron chi connectivity index (χ0n) is 22.9. The van der Waals surface area contributed by atoms with E-state index in [2.05, 4.69) is 120 Å². The van der Waals surface area contributed by atoms with Gasteiger partial charge in [0.2, 0.25) is 0 Å². The Morgan fingerprint density at radius 3 is 1.43 bits per heavy atom. The molecule has 8 aromatic rings. The molecule has 196 valence electrons. The van der Waals surface area contributed by atoms with E-state index in [4.69, 9.17) is 4.98 Å². The van der Waals surface area contributed by atoms with Crippen LogP contribution in [0.3, 0.4) is 0 Å². The fourth-order valence-corrected chi connectivity index (χ4v) is 6.07. The molecule has 1 heterocycles. The average Bonchev–Trinajstić information content (AvgIpc) is 3.09. The largest absolute Gasteiger partial charge is 0.237 e. The van der Waals surface area contributed by atoms with Crippen LogP contribution in [0.4, 0.5) is 0 Å². The van der Waals surface area contributed by atoms with E-state index < -0.39 is 0 Å². The first-order valence-corrected chi connectivity index (χ1v) is 14.2. The summed E-state index contributed by atoms with van der Waals surface area (Å²) in [5, 5.41) is 7.75. The maximum absolute atomic E-state index is 4.88. The van der Waals surface area contributed by atoms with Crippen LogP contribution in [0.1, 0.15) is 0 Å². The second kappa shape index (κ2) is 10.1. The molecule has 42 heavy (non-hydrogen) atoms. The Labute approximate surface area is 244 Å². The number of nitrogens with zero attached hydrogens (tertiary/aromatic N) is 2. The SMILES string of the molecule is c1ccc(-c2nccc(-c3cccc(-c4cccc(-c5ccc6c7ccccc7c7ccccc7c6c5)c4)c3)n2)cc1. The molecule has 0 fully saturated rings. The van der Waals surface area contributed by atoms with Gasteiger partial charge in [-0.05, 0) is 78.8 Å². The molecule has 0 spiro atoms. The molecular weight excluding hydrogens is 508 g/mol. The molecule has 2 heteroatoms. The standard InChI is InChI=1S/C40H26N2/c1-2-10-27(11-3-1)40-41-23-22-39(42-40)32-15-9-14-30(25-32)28-12-8-13-29(24-28)31-20-21-37-35-18-5-4-16-33(35)34-17-6-7-19-36(34)38(37)26-31/h1-26H. The van der Waals surface area contributed by atoms with Crippen LogP contribution in [0, 0.1) is 0 Å². The third-order valence-corrected chi connectivity index (χ3v) is 8.12. The highest BCUT2D eigenvalue weighted by molar-refractivity contribution is 6.25. The van der Waals surface area contributed by atoms with E-state index in [9.17, 15) is 0 Å². The van der Waals surface area contributed by atoms with Crippen molar-refractivity contribution in [2.75, 3.05) is 0 Å². The van der Waals surface area contributed by atoms with Gasteiger partial charge in [0.05, 0.1) is 5.69 Å². The Kier molecular flexibility index (Phi) is 5.82. The third-order valence-electron chi connectivity index (χ3n) is 8.12. The molecule has 0 bridgehead atoms. The van der Waals surface area contributed by atoms with Crippen molar-refractivity contribution in [3.05, 3.63) is 158 Å². The van der Waals surface area contributed by atoms with Gasteiger partial charge in [0, 0.05) is 17.3 Å². The minimum absolute atomic E-state index is 0.733. The first-order valence-electron chi connectivity index (χ1n) is 14.2. The molecule has 0 N–H and O–H groups in total. The number of benzene rings is 7. The summed E-state index contributed by atoms with van der Waals surface area (Å²) < 4.78 is 0. The van der Waals surface area contributed by atoms with Crippen LogP contribution in [0.15, 0.2) is 158 Å². The molecule has 8 rings (SSSR count). The molecule has 2 nitrogen and oxygen atoms in total. The highest BCUT2D eigenvalue weighted by Gasteiger charge is 2.11. The minimum Gasteiger partial charge on any atom is -0.237 e. The van der Waals surface area contributed by atoms with Gasteiger partial charge in [0.15, 0.2) is 5.82 Å². The Bertz CT molecular complexity index is 2210. The number of hydrogen-bond acceptors (Lipinski definition) is 2. The predicted octanol–water partition coefficient (Wildman–Crippen LogP) is 10.6. The Morgan fingerprint density at radius 1 is 0.310 bits per heavy atom. The molecule has 0 atom stereocenters. The van der Waals surface area contributed by atoms with Crippen LogP contribution in [0.2, 0.25) is 0 Å². The van der Waals surface area contributed by atoms with E-state index in [1.807, 2.05) is 42.6 Å². The van der Waals surface area contributed by atoms with Gasteiger partial charge < -0.3 is 0 Å². The fourth-order valence-electron chi connectivity index (χ4n) is 6.07. The van der Waals surface area contributed by atoms with Crippen LogP contribution in [0.5, 0.6) is 0 Å². The number of aromatic nitrogens is 2. The van der Waals surface area contributed by atoms with Crippen molar-refractivity contribution in [2.24, 2.45) is 0 Å². The molecule has 0 saturated heterocycles. The fraction of sp³-hybridized carbons (Fsp3) is 0. The molecule has 1 aromatic heterocycles. The first kappa shape index (κ1) is 24.2. The zero-order valence-corrected chi connectivity index (χ0v) is 22.9. The summed E-state index contributed by atoms with van der Waals surface area (Å²) in [5.74, 6) is 0.733. The normalized spacial score (nSPS) is 11.3. The van der Waals surface area contributed by atoms with Gasteiger partial charge >= 0.3 is 0 Å². The molecule has 7 aromatic carbocycles. The lowest BCUT2D eigenvalue weighted by atomic mass is 9.91. The van der Waals surface area contributed by atoms with Gasteiger partial charge in [-0.25, -0.2) is 9.97 Å². The van der Waals surface area contributed by atoms with Gasteiger partial charge in [-0.1, -0.05) is 127 Å². The van der Waals surface area contributed by atoms with Crippen molar-refractivity contribution < 1.29 is 0 Å². The maximum Gasteiger partial charge on any atom is 0.159 e. The summed E-state index contributed by atoms with van der Waals surface area (Å²) in [6.45, 7) is 0. The molecule has 0 unspecified atom stereocenters. The van der Waals surface area contributed by atoms with Crippen LogP contribution in [-0.2, 0) is 0 Å². The number of rotatable bonds is 4. The van der Waals surface area contributed by atoms with Crippen molar-refractivity contribution in [3.8, 4) is 44.9 Å². The lowest BCUT2D eigenvalue weighted by Crippen LogP contribution is -1.91. The van der Waals surface area contributed by atoms with Gasteiger partial charge in [-0.15, -0.1) is 0 Å². The minimum atomic E-state index is 0.733. The average molecular weight is 535 g/mol. The van der Waals surface area contributed by atoms with E-state index in [1.54, 1.807) is 0 Å². The van der Waals surface area contributed by atoms with Crippen molar-refractivity contribution in [3.63, 3.8) is 0 Å². The topological polar surface area (TPSA) is 25.8 Å². The van der Waals surface area contributed by atoms with Crippen molar-refractivity contribution in [1.82, 2.24) is 9.97 Å². The molecular formula is C40H26N2.